The summed E-state index contributed by atoms with van der Waals surface area (Å²) in [5, 5.41) is 1.29. The van der Waals surface area contributed by atoms with Crippen molar-refractivity contribution < 1.29 is 4.74 Å². The van der Waals surface area contributed by atoms with Crippen molar-refractivity contribution in [2.24, 2.45) is 0 Å². The molecule has 0 atom stereocenters. The molecular formula is C13H10ClN3OS. The van der Waals surface area contributed by atoms with Gasteiger partial charge in [-0.3, -0.25) is 0 Å². The Morgan fingerprint density at radius 1 is 1.21 bits per heavy atom. The maximum atomic E-state index is 5.85. The molecule has 96 valence electrons. The molecular weight excluding hydrogens is 282 g/mol. The van der Waals surface area contributed by atoms with Crippen molar-refractivity contribution in [2.45, 2.75) is 13.5 Å². The predicted octanol–water partition coefficient (Wildman–Crippen LogP) is 3.63. The van der Waals surface area contributed by atoms with Gasteiger partial charge in [-0.2, -0.15) is 4.98 Å². The number of halogens is 1. The van der Waals surface area contributed by atoms with E-state index in [0.717, 1.165) is 15.2 Å². The van der Waals surface area contributed by atoms with Gasteiger partial charge in [0.1, 0.15) is 22.6 Å². The summed E-state index contributed by atoms with van der Waals surface area (Å²) >= 11 is 7.46. The van der Waals surface area contributed by atoms with Crippen molar-refractivity contribution in [3.05, 3.63) is 46.3 Å². The third kappa shape index (κ3) is 2.83. The maximum absolute atomic E-state index is 5.85. The van der Waals surface area contributed by atoms with Crippen LogP contribution < -0.4 is 4.74 Å². The Kier molecular flexibility index (Phi) is 3.31. The smallest absolute Gasteiger partial charge is 0.218 e. The van der Waals surface area contributed by atoms with Crippen LogP contribution in [0.3, 0.4) is 0 Å². The number of nitrogens with zero attached hydrogens (tertiary/aromatic N) is 3. The summed E-state index contributed by atoms with van der Waals surface area (Å²) < 4.78 is 6.75. The first-order valence-corrected chi connectivity index (χ1v) is 6.88. The van der Waals surface area contributed by atoms with Gasteiger partial charge in [-0.05, 0) is 19.1 Å². The number of hydrogen-bond acceptors (Lipinski definition) is 5. The molecule has 0 saturated heterocycles. The van der Waals surface area contributed by atoms with Gasteiger partial charge in [0.25, 0.3) is 0 Å². The lowest BCUT2D eigenvalue weighted by molar-refractivity contribution is 0.292. The van der Waals surface area contributed by atoms with Gasteiger partial charge in [0.2, 0.25) is 5.88 Å². The number of hydrogen-bond donors (Lipinski definition) is 0. The minimum atomic E-state index is 0.381. The number of thiazole rings is 1. The Morgan fingerprint density at radius 3 is 2.84 bits per heavy atom. The first-order chi connectivity index (χ1) is 9.20. The Bertz CT molecular complexity index is 675. The highest BCUT2D eigenvalue weighted by molar-refractivity contribution is 7.18. The number of ether oxygens (including phenoxy) is 1. The van der Waals surface area contributed by atoms with Crippen LogP contribution in [-0.4, -0.2) is 15.0 Å². The second-order valence-corrected chi connectivity index (χ2v) is 5.44. The van der Waals surface area contributed by atoms with Crippen molar-refractivity contribution >= 4 is 33.2 Å². The highest BCUT2D eigenvalue weighted by Gasteiger charge is 2.06. The largest absolute Gasteiger partial charge is 0.470 e. The van der Waals surface area contributed by atoms with Crippen LogP contribution in [0.25, 0.3) is 10.2 Å². The van der Waals surface area contributed by atoms with Crippen molar-refractivity contribution in [1.82, 2.24) is 15.0 Å². The molecule has 2 heterocycles. The lowest BCUT2D eigenvalue weighted by Gasteiger charge is -2.03. The zero-order valence-corrected chi connectivity index (χ0v) is 11.7. The van der Waals surface area contributed by atoms with Gasteiger partial charge in [0.15, 0.2) is 0 Å². The van der Waals surface area contributed by atoms with E-state index in [4.69, 9.17) is 16.3 Å². The Morgan fingerprint density at radius 2 is 2.05 bits per heavy atom. The molecule has 0 radical (unpaired) electrons. The average molecular weight is 292 g/mol. The Balaban J connectivity index is 1.78. The Hall–Kier alpha value is -1.72. The lowest BCUT2D eigenvalue weighted by Crippen LogP contribution is -1.99. The SMILES string of the molecule is Cc1nc(Cl)cc(OCc2nc3ccccc3s2)n1. The molecule has 0 unspecified atom stereocenters. The molecule has 0 aliphatic heterocycles. The number of para-hydroxylation sites is 1. The van der Waals surface area contributed by atoms with E-state index in [1.165, 1.54) is 0 Å². The molecule has 6 heteroatoms. The number of benzene rings is 1. The van der Waals surface area contributed by atoms with Gasteiger partial charge in [0.05, 0.1) is 10.2 Å². The van der Waals surface area contributed by atoms with Gasteiger partial charge < -0.3 is 4.74 Å². The fourth-order valence-corrected chi connectivity index (χ4v) is 2.79. The summed E-state index contributed by atoms with van der Waals surface area (Å²) in [6.07, 6.45) is 0. The molecule has 0 fully saturated rings. The third-order valence-electron chi connectivity index (χ3n) is 2.46. The molecule has 19 heavy (non-hydrogen) atoms. The van der Waals surface area contributed by atoms with Crippen LogP contribution in [0.1, 0.15) is 10.8 Å². The topological polar surface area (TPSA) is 47.9 Å². The molecule has 0 saturated carbocycles. The van der Waals surface area contributed by atoms with E-state index in [0.29, 0.717) is 23.5 Å². The predicted molar refractivity (Wildman–Crippen MR) is 75.7 cm³/mol. The monoisotopic (exact) mass is 291 g/mol. The van der Waals surface area contributed by atoms with Gasteiger partial charge in [-0.15, -0.1) is 11.3 Å². The first-order valence-electron chi connectivity index (χ1n) is 5.69. The zero-order valence-electron chi connectivity index (χ0n) is 10.1. The highest BCUT2D eigenvalue weighted by Crippen LogP contribution is 2.23. The molecule has 0 aliphatic carbocycles. The highest BCUT2D eigenvalue weighted by atomic mass is 35.5. The van der Waals surface area contributed by atoms with Crippen LogP contribution in [0.15, 0.2) is 30.3 Å². The maximum Gasteiger partial charge on any atom is 0.218 e. The average Bonchev–Trinajstić information content (AvgIpc) is 2.78. The molecule has 3 aromatic rings. The van der Waals surface area contributed by atoms with Crippen molar-refractivity contribution in [1.29, 1.82) is 0 Å². The van der Waals surface area contributed by atoms with Gasteiger partial charge in [-0.25, -0.2) is 9.97 Å². The molecule has 0 spiro atoms. The standard InChI is InChI=1S/C13H10ClN3OS/c1-8-15-11(14)6-12(16-8)18-7-13-17-9-4-2-3-5-10(9)19-13/h2-6H,7H2,1H3. The van der Waals surface area contributed by atoms with Crippen molar-refractivity contribution in [3.63, 3.8) is 0 Å². The molecule has 0 amide bonds. The van der Waals surface area contributed by atoms with Crippen LogP contribution in [-0.2, 0) is 6.61 Å². The molecule has 2 aromatic heterocycles. The first kappa shape index (κ1) is 12.3. The lowest BCUT2D eigenvalue weighted by atomic mass is 10.3. The van der Waals surface area contributed by atoms with E-state index in [9.17, 15) is 0 Å². The van der Waals surface area contributed by atoms with E-state index >= 15 is 0 Å². The molecule has 4 nitrogen and oxygen atoms in total. The molecule has 1 aromatic carbocycles. The number of rotatable bonds is 3. The van der Waals surface area contributed by atoms with E-state index in [-0.39, 0.29) is 0 Å². The number of aromatic nitrogens is 3. The minimum Gasteiger partial charge on any atom is -0.470 e. The van der Waals surface area contributed by atoms with E-state index < -0.39 is 0 Å². The van der Waals surface area contributed by atoms with Crippen LogP contribution in [0.5, 0.6) is 5.88 Å². The third-order valence-corrected chi connectivity index (χ3v) is 3.67. The fourth-order valence-electron chi connectivity index (χ4n) is 1.70. The van der Waals surface area contributed by atoms with Crippen molar-refractivity contribution in [2.75, 3.05) is 0 Å². The molecule has 0 bridgehead atoms. The normalized spacial score (nSPS) is 10.8. The quantitative estimate of drug-likeness (QED) is 0.691. The minimum absolute atomic E-state index is 0.381. The van der Waals surface area contributed by atoms with Gasteiger partial charge in [0, 0.05) is 6.07 Å². The summed E-state index contributed by atoms with van der Waals surface area (Å²) in [4.78, 5) is 12.6. The summed E-state index contributed by atoms with van der Waals surface area (Å²) in [6, 6.07) is 9.60. The summed E-state index contributed by atoms with van der Waals surface area (Å²) in [6.45, 7) is 2.16. The number of fused-ring (bicyclic) bond motifs is 1. The second kappa shape index (κ2) is 5.11. The Labute approximate surface area is 119 Å². The van der Waals surface area contributed by atoms with Crippen LogP contribution in [0.2, 0.25) is 5.15 Å². The summed E-state index contributed by atoms with van der Waals surface area (Å²) in [5.41, 5.74) is 0.989. The summed E-state index contributed by atoms with van der Waals surface area (Å²) in [5.74, 6) is 1.06. The van der Waals surface area contributed by atoms with E-state index in [1.54, 1.807) is 24.3 Å². The van der Waals surface area contributed by atoms with Gasteiger partial charge >= 0.3 is 0 Å². The van der Waals surface area contributed by atoms with Crippen LogP contribution in [0.4, 0.5) is 0 Å². The number of aryl methyl sites for hydroxylation is 1. The zero-order chi connectivity index (χ0) is 13.2. The van der Waals surface area contributed by atoms with Crippen LogP contribution >= 0.6 is 22.9 Å². The van der Waals surface area contributed by atoms with Gasteiger partial charge in [-0.1, -0.05) is 23.7 Å². The van der Waals surface area contributed by atoms with Crippen molar-refractivity contribution in [3.8, 4) is 5.88 Å². The summed E-state index contributed by atoms with van der Waals surface area (Å²) in [7, 11) is 0. The fraction of sp³-hybridized carbons (Fsp3) is 0.154. The van der Waals surface area contributed by atoms with Crippen LogP contribution in [0, 0.1) is 6.92 Å². The van der Waals surface area contributed by atoms with E-state index in [2.05, 4.69) is 15.0 Å². The molecule has 0 aliphatic rings. The second-order valence-electron chi connectivity index (χ2n) is 3.94. The molecule has 3 rings (SSSR count). The van der Waals surface area contributed by atoms with E-state index in [1.807, 2.05) is 24.3 Å². The molecule has 0 N–H and O–H groups in total.